The fourth-order valence-electron chi connectivity index (χ4n) is 7.32. The first-order valence-corrected chi connectivity index (χ1v) is 17.0. The van der Waals surface area contributed by atoms with E-state index in [9.17, 15) is 0 Å². The van der Waals surface area contributed by atoms with E-state index in [0.717, 1.165) is 11.1 Å². The monoisotopic (exact) mass is 636 g/mol. The number of rotatable bonds is 6. The van der Waals surface area contributed by atoms with Crippen LogP contribution in [-0.2, 0) is 0 Å². The Kier molecular flexibility index (Phi) is 7.53. The van der Waals surface area contributed by atoms with Gasteiger partial charge in [0.1, 0.15) is 0 Å². The van der Waals surface area contributed by atoms with E-state index in [1.165, 1.54) is 77.2 Å². The van der Waals surface area contributed by atoms with Gasteiger partial charge < -0.3 is 0 Å². The number of nitrogens with zero attached hydrogens (tertiary/aromatic N) is 2. The molecule has 234 valence electrons. The van der Waals surface area contributed by atoms with Gasteiger partial charge in [-0.3, -0.25) is 9.97 Å². The van der Waals surface area contributed by atoms with Crippen molar-refractivity contribution in [3.63, 3.8) is 0 Å². The number of fused-ring (bicyclic) bond motifs is 2. The standard InChI is InChI=1S/C48H32N2/c1-2-8-37(9-3-1)41-10-4-5-11-42(41)40-22-23-45-46(32-40)48(39-20-16-34(17-21-39)36-26-30-50-31-27-36)44-13-7-6-12-43(44)47(45)38-18-14-33(15-19-38)35-24-28-49-29-25-35/h1-32H. The van der Waals surface area contributed by atoms with Crippen molar-refractivity contribution in [3.05, 3.63) is 195 Å². The highest BCUT2D eigenvalue weighted by Crippen LogP contribution is 2.46. The first-order chi connectivity index (χ1) is 24.8. The minimum atomic E-state index is 1.16. The zero-order valence-electron chi connectivity index (χ0n) is 27.4. The molecule has 0 atom stereocenters. The fraction of sp³-hybridized carbons (Fsp3) is 0. The molecular formula is C48H32N2. The summed E-state index contributed by atoms with van der Waals surface area (Å²) < 4.78 is 0. The quantitative estimate of drug-likeness (QED) is 0.170. The molecule has 9 aromatic rings. The Bertz CT molecular complexity index is 2590. The summed E-state index contributed by atoms with van der Waals surface area (Å²) in [5.74, 6) is 0. The van der Waals surface area contributed by atoms with Gasteiger partial charge in [-0.1, -0.05) is 140 Å². The third-order valence-electron chi connectivity index (χ3n) is 9.72. The van der Waals surface area contributed by atoms with E-state index in [4.69, 9.17) is 0 Å². The van der Waals surface area contributed by atoms with E-state index in [1.807, 2.05) is 24.8 Å². The molecule has 0 amide bonds. The molecule has 2 heterocycles. The van der Waals surface area contributed by atoms with Crippen LogP contribution in [0.2, 0.25) is 0 Å². The maximum absolute atomic E-state index is 4.21. The maximum atomic E-state index is 4.21. The lowest BCUT2D eigenvalue weighted by Crippen LogP contribution is -1.93. The van der Waals surface area contributed by atoms with Crippen LogP contribution in [-0.4, -0.2) is 9.97 Å². The van der Waals surface area contributed by atoms with E-state index in [-0.39, 0.29) is 0 Å². The predicted molar refractivity (Wildman–Crippen MR) is 210 cm³/mol. The Hall–Kier alpha value is -6.64. The van der Waals surface area contributed by atoms with Gasteiger partial charge in [0, 0.05) is 24.8 Å². The lowest BCUT2D eigenvalue weighted by atomic mass is 9.84. The largest absolute Gasteiger partial charge is 0.265 e. The summed E-state index contributed by atoms with van der Waals surface area (Å²) in [7, 11) is 0. The van der Waals surface area contributed by atoms with Crippen LogP contribution in [0.25, 0.3) is 88.3 Å². The second-order valence-corrected chi connectivity index (χ2v) is 12.6. The van der Waals surface area contributed by atoms with Crippen LogP contribution in [0.3, 0.4) is 0 Å². The van der Waals surface area contributed by atoms with Crippen molar-refractivity contribution in [3.8, 4) is 66.8 Å². The lowest BCUT2D eigenvalue weighted by Gasteiger charge is -2.20. The molecule has 9 rings (SSSR count). The number of benzene rings is 7. The normalized spacial score (nSPS) is 11.2. The summed E-state index contributed by atoms with van der Waals surface area (Å²) in [5, 5.41) is 4.93. The topological polar surface area (TPSA) is 25.8 Å². The summed E-state index contributed by atoms with van der Waals surface area (Å²) in [6, 6.07) is 61.5. The van der Waals surface area contributed by atoms with Crippen LogP contribution >= 0.6 is 0 Å². The maximum Gasteiger partial charge on any atom is 0.0273 e. The molecule has 0 radical (unpaired) electrons. The number of pyridine rings is 2. The molecule has 2 nitrogen and oxygen atoms in total. The van der Waals surface area contributed by atoms with Gasteiger partial charge in [0.25, 0.3) is 0 Å². The summed E-state index contributed by atoms with van der Waals surface area (Å²) in [6.07, 6.45) is 7.39. The second kappa shape index (κ2) is 12.8. The summed E-state index contributed by atoms with van der Waals surface area (Å²) in [4.78, 5) is 8.42. The molecule has 0 unspecified atom stereocenters. The number of hydrogen-bond donors (Lipinski definition) is 0. The SMILES string of the molecule is c1ccc(-c2ccccc2-c2ccc3c(-c4ccc(-c5ccncc5)cc4)c4ccccc4c(-c4ccc(-c5ccncc5)cc4)c3c2)cc1. The van der Waals surface area contributed by atoms with Crippen molar-refractivity contribution in [1.29, 1.82) is 0 Å². The lowest BCUT2D eigenvalue weighted by molar-refractivity contribution is 1.33. The summed E-state index contributed by atoms with van der Waals surface area (Å²) >= 11 is 0. The Morgan fingerprint density at radius 1 is 0.240 bits per heavy atom. The highest BCUT2D eigenvalue weighted by molar-refractivity contribution is 6.22. The molecule has 0 N–H and O–H groups in total. The Morgan fingerprint density at radius 3 is 1.16 bits per heavy atom. The van der Waals surface area contributed by atoms with Crippen LogP contribution in [0.15, 0.2) is 195 Å². The van der Waals surface area contributed by atoms with Crippen LogP contribution in [0.4, 0.5) is 0 Å². The van der Waals surface area contributed by atoms with Gasteiger partial charge in [0.05, 0.1) is 0 Å². The van der Waals surface area contributed by atoms with Gasteiger partial charge in [0.2, 0.25) is 0 Å². The third-order valence-corrected chi connectivity index (χ3v) is 9.72. The fourth-order valence-corrected chi connectivity index (χ4v) is 7.32. The average molecular weight is 637 g/mol. The molecule has 0 spiro atoms. The molecule has 0 bridgehead atoms. The summed E-state index contributed by atoms with van der Waals surface area (Å²) in [6.45, 7) is 0. The van der Waals surface area contributed by atoms with Crippen LogP contribution in [0.1, 0.15) is 0 Å². The second-order valence-electron chi connectivity index (χ2n) is 12.6. The highest BCUT2D eigenvalue weighted by Gasteiger charge is 2.18. The molecule has 7 aromatic carbocycles. The smallest absolute Gasteiger partial charge is 0.0273 e. The highest BCUT2D eigenvalue weighted by atomic mass is 14.6. The molecule has 0 saturated carbocycles. The Morgan fingerprint density at radius 2 is 0.620 bits per heavy atom. The van der Waals surface area contributed by atoms with Crippen LogP contribution in [0, 0.1) is 0 Å². The van der Waals surface area contributed by atoms with E-state index in [2.05, 4.69) is 180 Å². The molecule has 2 aromatic heterocycles. The van der Waals surface area contributed by atoms with Crippen molar-refractivity contribution in [2.24, 2.45) is 0 Å². The molecule has 0 aliphatic carbocycles. The van der Waals surface area contributed by atoms with Crippen molar-refractivity contribution in [2.45, 2.75) is 0 Å². The Labute approximate surface area is 292 Å². The zero-order chi connectivity index (χ0) is 33.3. The van der Waals surface area contributed by atoms with Crippen molar-refractivity contribution >= 4 is 21.5 Å². The number of aromatic nitrogens is 2. The van der Waals surface area contributed by atoms with Gasteiger partial charge in [-0.25, -0.2) is 0 Å². The first kappa shape index (κ1) is 29.5. The number of hydrogen-bond acceptors (Lipinski definition) is 2. The van der Waals surface area contributed by atoms with Gasteiger partial charge in [-0.15, -0.1) is 0 Å². The van der Waals surface area contributed by atoms with Gasteiger partial charge >= 0.3 is 0 Å². The van der Waals surface area contributed by atoms with Crippen molar-refractivity contribution in [1.82, 2.24) is 9.97 Å². The van der Waals surface area contributed by atoms with E-state index < -0.39 is 0 Å². The first-order valence-electron chi connectivity index (χ1n) is 17.0. The predicted octanol–water partition coefficient (Wildman–Crippen LogP) is 12.8. The van der Waals surface area contributed by atoms with Crippen molar-refractivity contribution in [2.75, 3.05) is 0 Å². The molecule has 0 saturated heterocycles. The van der Waals surface area contributed by atoms with E-state index in [1.54, 1.807) is 0 Å². The average Bonchev–Trinajstić information content (AvgIpc) is 3.21. The minimum absolute atomic E-state index is 1.16. The molecular weight excluding hydrogens is 605 g/mol. The zero-order valence-corrected chi connectivity index (χ0v) is 27.4. The van der Waals surface area contributed by atoms with Gasteiger partial charge in [-0.05, 0) is 119 Å². The van der Waals surface area contributed by atoms with Gasteiger partial charge in [0.15, 0.2) is 0 Å². The molecule has 0 aliphatic heterocycles. The van der Waals surface area contributed by atoms with Gasteiger partial charge in [-0.2, -0.15) is 0 Å². The molecule has 2 heteroatoms. The molecule has 0 aliphatic rings. The third kappa shape index (κ3) is 5.34. The Balaban J connectivity index is 1.30. The molecule has 50 heavy (non-hydrogen) atoms. The van der Waals surface area contributed by atoms with Crippen LogP contribution in [0.5, 0.6) is 0 Å². The summed E-state index contributed by atoms with van der Waals surface area (Å²) in [5.41, 5.74) is 14.4. The molecule has 0 fully saturated rings. The van der Waals surface area contributed by atoms with Crippen LogP contribution < -0.4 is 0 Å². The van der Waals surface area contributed by atoms with Crippen molar-refractivity contribution < 1.29 is 0 Å². The van der Waals surface area contributed by atoms with E-state index in [0.29, 0.717) is 0 Å². The minimum Gasteiger partial charge on any atom is -0.265 e. The van der Waals surface area contributed by atoms with E-state index >= 15 is 0 Å².